The predicted molar refractivity (Wildman–Crippen MR) is 43.4 cm³/mol. The molecule has 1 radical (unpaired) electrons. The Bertz CT molecular complexity index is 390. The van der Waals surface area contributed by atoms with Gasteiger partial charge in [-0.2, -0.15) is 0 Å². The van der Waals surface area contributed by atoms with Crippen molar-refractivity contribution in [2.24, 2.45) is 0 Å². The summed E-state index contributed by atoms with van der Waals surface area (Å²) in [6.45, 7) is 0. The molecule has 0 aliphatic rings. The molecule has 0 amide bonds. The van der Waals surface area contributed by atoms with Crippen LogP contribution in [-0.4, -0.2) is 25.6 Å². The molecular formula is C7H7FNO3S. The third-order valence-electron chi connectivity index (χ3n) is 1.07. The highest BCUT2D eigenvalue weighted by atomic mass is 32.2. The van der Waals surface area contributed by atoms with Crippen molar-refractivity contribution < 1.29 is 17.5 Å². The molecular weight excluding hydrogens is 197 g/mol. The average Bonchev–Trinajstić information content (AvgIpc) is 2.00. The molecule has 1 aromatic rings. The van der Waals surface area contributed by atoms with Gasteiger partial charge in [0, 0.05) is 12.3 Å². The molecule has 6 heteroatoms. The highest BCUT2D eigenvalue weighted by molar-refractivity contribution is 7.90. The van der Waals surface area contributed by atoms with Gasteiger partial charge in [-0.25, -0.2) is 17.8 Å². The van der Waals surface area contributed by atoms with Gasteiger partial charge in [-0.15, -0.1) is 0 Å². The van der Waals surface area contributed by atoms with E-state index in [4.69, 9.17) is 4.74 Å². The van der Waals surface area contributed by atoms with Crippen LogP contribution in [0.15, 0.2) is 12.3 Å². The van der Waals surface area contributed by atoms with Crippen LogP contribution in [0.4, 0.5) is 4.39 Å². The molecule has 1 heterocycles. The number of aromatic nitrogens is 1. The van der Waals surface area contributed by atoms with Crippen molar-refractivity contribution in [3.63, 3.8) is 0 Å². The van der Waals surface area contributed by atoms with E-state index in [9.17, 15) is 12.8 Å². The fourth-order valence-corrected chi connectivity index (χ4v) is 0.956. The third kappa shape index (κ3) is 3.84. The third-order valence-corrected chi connectivity index (χ3v) is 1.62. The zero-order valence-corrected chi connectivity index (χ0v) is 7.64. The van der Waals surface area contributed by atoms with Crippen LogP contribution in [-0.2, 0) is 9.84 Å². The number of halogens is 1. The molecule has 0 saturated carbocycles. The lowest BCUT2D eigenvalue weighted by molar-refractivity contribution is 0.373. The van der Waals surface area contributed by atoms with E-state index in [1.165, 1.54) is 6.20 Å². The second-order valence-electron chi connectivity index (χ2n) is 2.45. The van der Waals surface area contributed by atoms with Crippen molar-refractivity contribution >= 4 is 9.84 Å². The van der Waals surface area contributed by atoms with E-state index >= 15 is 0 Å². The summed E-state index contributed by atoms with van der Waals surface area (Å²) in [6, 6.07) is 1.01. The van der Waals surface area contributed by atoms with E-state index in [1.54, 1.807) is 0 Å². The van der Waals surface area contributed by atoms with Crippen LogP contribution in [0.3, 0.4) is 0 Å². The summed E-state index contributed by atoms with van der Waals surface area (Å²) in [5, 5.41) is 0. The summed E-state index contributed by atoms with van der Waals surface area (Å²) in [7, 11) is -3.22. The molecule has 1 aromatic heterocycles. The zero-order valence-electron chi connectivity index (χ0n) is 6.82. The Morgan fingerprint density at radius 1 is 1.69 bits per heavy atom. The smallest absolute Gasteiger partial charge is 0.188 e. The van der Waals surface area contributed by atoms with Crippen LogP contribution in [0.2, 0.25) is 0 Å². The first-order chi connectivity index (χ1) is 5.97. The molecule has 0 spiro atoms. The lowest BCUT2D eigenvalue weighted by Gasteiger charge is -2.02. The van der Waals surface area contributed by atoms with Crippen LogP contribution in [0.5, 0.6) is 5.75 Å². The van der Waals surface area contributed by atoms with E-state index in [-0.39, 0.29) is 5.75 Å². The van der Waals surface area contributed by atoms with Crippen LogP contribution >= 0.6 is 0 Å². The second-order valence-corrected chi connectivity index (χ2v) is 4.54. The van der Waals surface area contributed by atoms with E-state index in [1.807, 2.05) is 6.20 Å². The largest absolute Gasteiger partial charge is 0.476 e. The van der Waals surface area contributed by atoms with Crippen molar-refractivity contribution in [3.8, 4) is 5.75 Å². The van der Waals surface area contributed by atoms with Gasteiger partial charge in [0.15, 0.2) is 21.6 Å². The molecule has 0 fully saturated rings. The first kappa shape index (κ1) is 9.91. The molecule has 71 valence electrons. The predicted octanol–water partition coefficient (Wildman–Crippen LogP) is 0.402. The molecule has 0 unspecified atom stereocenters. The lowest BCUT2D eigenvalue weighted by atomic mass is 10.4. The number of rotatable bonds is 3. The first-order valence-electron chi connectivity index (χ1n) is 3.31. The Hall–Kier alpha value is -1.17. The fraction of sp³-hybridized carbons (Fsp3) is 0.286. The van der Waals surface area contributed by atoms with E-state index in [2.05, 4.69) is 4.98 Å². The normalized spacial score (nSPS) is 11.2. The summed E-state index contributed by atoms with van der Waals surface area (Å²) in [4.78, 5) is 3.37. The average molecular weight is 204 g/mol. The molecule has 0 aliphatic heterocycles. The van der Waals surface area contributed by atoms with E-state index in [0.717, 1.165) is 12.3 Å². The number of hydrogen-bond donors (Lipinski definition) is 0. The van der Waals surface area contributed by atoms with Crippen molar-refractivity contribution in [1.82, 2.24) is 4.98 Å². The van der Waals surface area contributed by atoms with Gasteiger partial charge < -0.3 is 4.74 Å². The maximum Gasteiger partial charge on any atom is 0.188 e. The van der Waals surface area contributed by atoms with Gasteiger partial charge in [0.05, 0.1) is 6.20 Å². The van der Waals surface area contributed by atoms with Gasteiger partial charge in [0.25, 0.3) is 0 Å². The summed E-state index contributed by atoms with van der Waals surface area (Å²) in [5.74, 6) is -1.11. The minimum absolute atomic E-state index is 0.0710. The Morgan fingerprint density at radius 3 is 2.92 bits per heavy atom. The van der Waals surface area contributed by atoms with Gasteiger partial charge in [-0.05, 0) is 0 Å². The topological polar surface area (TPSA) is 56.3 Å². The maximum atomic E-state index is 12.4. The minimum Gasteiger partial charge on any atom is -0.476 e. The molecule has 0 N–H and O–H groups in total. The molecule has 0 aliphatic carbocycles. The van der Waals surface area contributed by atoms with E-state index in [0.29, 0.717) is 0 Å². The second kappa shape index (κ2) is 3.69. The standard InChI is InChI=1S/C7H7FNO3S/c1-13(10,11)5-12-7-2-6(8)3-9-4-7/h2,4H,5H2,1H3. The number of sulfone groups is 1. The van der Waals surface area contributed by atoms with Gasteiger partial charge in [-0.1, -0.05) is 0 Å². The zero-order chi connectivity index (χ0) is 9.90. The van der Waals surface area contributed by atoms with Crippen LogP contribution in [0.25, 0.3) is 0 Å². The Balaban J connectivity index is 2.65. The molecule has 0 saturated heterocycles. The van der Waals surface area contributed by atoms with Gasteiger partial charge in [0.2, 0.25) is 0 Å². The number of pyridine rings is 1. The Kier molecular flexibility index (Phi) is 2.82. The number of ether oxygens (including phenoxy) is 1. The van der Waals surface area contributed by atoms with Crippen LogP contribution in [0.1, 0.15) is 0 Å². The quantitative estimate of drug-likeness (QED) is 0.715. The van der Waals surface area contributed by atoms with Crippen molar-refractivity contribution in [3.05, 3.63) is 24.3 Å². The highest BCUT2D eigenvalue weighted by Gasteiger charge is 2.03. The first-order valence-corrected chi connectivity index (χ1v) is 5.37. The summed E-state index contributed by atoms with van der Waals surface area (Å²) in [5.41, 5.74) is 0. The maximum absolute atomic E-state index is 12.4. The molecule has 0 aromatic carbocycles. The molecule has 4 nitrogen and oxygen atoms in total. The minimum atomic E-state index is -3.22. The fourth-order valence-electron chi connectivity index (χ4n) is 0.606. The highest BCUT2D eigenvalue weighted by Crippen LogP contribution is 2.09. The van der Waals surface area contributed by atoms with Crippen molar-refractivity contribution in [2.75, 3.05) is 12.2 Å². The number of nitrogens with zero attached hydrogens (tertiary/aromatic N) is 1. The molecule has 13 heavy (non-hydrogen) atoms. The lowest BCUT2D eigenvalue weighted by Crippen LogP contribution is -2.09. The SMILES string of the molecule is CS(=O)(=O)COc1cn[c]c(F)c1. The van der Waals surface area contributed by atoms with Gasteiger partial charge in [-0.3, -0.25) is 0 Å². The van der Waals surface area contributed by atoms with Crippen LogP contribution < -0.4 is 4.74 Å². The number of hydrogen-bond acceptors (Lipinski definition) is 4. The summed E-state index contributed by atoms with van der Waals surface area (Å²) >= 11 is 0. The van der Waals surface area contributed by atoms with Crippen molar-refractivity contribution in [2.45, 2.75) is 0 Å². The van der Waals surface area contributed by atoms with Crippen LogP contribution in [0, 0.1) is 12.0 Å². The van der Waals surface area contributed by atoms with Gasteiger partial charge >= 0.3 is 0 Å². The molecule has 0 atom stereocenters. The van der Waals surface area contributed by atoms with Crippen molar-refractivity contribution in [1.29, 1.82) is 0 Å². The summed E-state index contributed by atoms with van der Waals surface area (Å²) in [6.07, 6.45) is 4.23. The molecule has 1 rings (SSSR count). The monoisotopic (exact) mass is 204 g/mol. The molecule has 0 bridgehead atoms. The Morgan fingerprint density at radius 2 is 2.38 bits per heavy atom. The van der Waals surface area contributed by atoms with E-state index < -0.39 is 21.6 Å². The Labute approximate surface area is 75.3 Å². The van der Waals surface area contributed by atoms with Gasteiger partial charge in [0.1, 0.15) is 11.9 Å². The summed E-state index contributed by atoms with van der Waals surface area (Å²) < 4.78 is 38.5.